The molecule has 2 fully saturated rings. The molecule has 110 valence electrons. The fourth-order valence-electron chi connectivity index (χ4n) is 2.66. The summed E-state index contributed by atoms with van der Waals surface area (Å²) in [6.45, 7) is 9.43. The highest BCUT2D eigenvalue weighted by atomic mass is 16.5. The van der Waals surface area contributed by atoms with E-state index < -0.39 is 0 Å². The number of morpholine rings is 1. The fraction of sp³-hybridized carbons (Fsp3) is 0.929. The van der Waals surface area contributed by atoms with Crippen molar-refractivity contribution in [3.8, 4) is 0 Å². The van der Waals surface area contributed by atoms with Gasteiger partial charge in [0.05, 0.1) is 13.2 Å². The van der Waals surface area contributed by atoms with Crippen LogP contribution in [-0.2, 0) is 4.74 Å². The Morgan fingerprint density at radius 3 is 2.58 bits per heavy atom. The van der Waals surface area contributed by atoms with Crippen LogP contribution in [0.3, 0.4) is 0 Å². The number of hydrogen-bond donors (Lipinski definition) is 1. The summed E-state index contributed by atoms with van der Waals surface area (Å²) >= 11 is 0. The van der Waals surface area contributed by atoms with Gasteiger partial charge in [-0.15, -0.1) is 0 Å². The van der Waals surface area contributed by atoms with Crippen molar-refractivity contribution >= 4 is 6.03 Å². The number of rotatable bonds is 4. The second-order valence-electron chi connectivity index (χ2n) is 5.71. The lowest BCUT2D eigenvalue weighted by Gasteiger charge is -2.30. The van der Waals surface area contributed by atoms with E-state index in [1.807, 2.05) is 4.90 Å². The topological polar surface area (TPSA) is 44.8 Å². The molecule has 2 aliphatic rings. The minimum atomic E-state index is 0.0653. The van der Waals surface area contributed by atoms with Gasteiger partial charge < -0.3 is 19.9 Å². The number of nitrogens with zero attached hydrogens (tertiary/aromatic N) is 2. The molecule has 0 saturated carbocycles. The summed E-state index contributed by atoms with van der Waals surface area (Å²) in [5, 5.41) is 3.01. The van der Waals surface area contributed by atoms with Crippen LogP contribution in [0, 0.1) is 5.92 Å². The summed E-state index contributed by atoms with van der Waals surface area (Å²) in [5.41, 5.74) is 0. The van der Waals surface area contributed by atoms with Gasteiger partial charge in [-0.05, 0) is 44.8 Å². The molecule has 0 bridgehead atoms. The summed E-state index contributed by atoms with van der Waals surface area (Å²) < 4.78 is 5.24. The van der Waals surface area contributed by atoms with Gasteiger partial charge in [0.1, 0.15) is 0 Å². The number of likely N-dealkylation sites (tertiary alicyclic amines) is 1. The standard InChI is InChI=1S/C14H27N3O2/c1-13-3-7-16(8-4-13)6-2-5-15-14(18)17-9-11-19-12-10-17/h13H,2-12H2,1H3,(H,15,18). The van der Waals surface area contributed by atoms with E-state index in [1.165, 1.54) is 25.9 Å². The molecular formula is C14H27N3O2. The van der Waals surface area contributed by atoms with Crippen LogP contribution in [-0.4, -0.2) is 68.3 Å². The van der Waals surface area contributed by atoms with E-state index in [0.29, 0.717) is 13.2 Å². The highest BCUT2D eigenvalue weighted by molar-refractivity contribution is 5.74. The van der Waals surface area contributed by atoms with E-state index in [-0.39, 0.29) is 6.03 Å². The van der Waals surface area contributed by atoms with Crippen molar-refractivity contribution in [3.05, 3.63) is 0 Å². The third-order valence-electron chi connectivity index (χ3n) is 4.10. The van der Waals surface area contributed by atoms with Gasteiger partial charge >= 0.3 is 6.03 Å². The normalized spacial score (nSPS) is 22.5. The maximum Gasteiger partial charge on any atom is 0.317 e. The van der Waals surface area contributed by atoms with Gasteiger partial charge in [-0.3, -0.25) is 0 Å². The maximum atomic E-state index is 11.8. The monoisotopic (exact) mass is 269 g/mol. The summed E-state index contributed by atoms with van der Waals surface area (Å²) in [7, 11) is 0. The van der Waals surface area contributed by atoms with Crippen molar-refractivity contribution in [1.29, 1.82) is 0 Å². The van der Waals surface area contributed by atoms with Crippen LogP contribution in [0.15, 0.2) is 0 Å². The number of carbonyl (C=O) groups excluding carboxylic acids is 1. The van der Waals surface area contributed by atoms with E-state index in [1.54, 1.807) is 0 Å². The van der Waals surface area contributed by atoms with Crippen LogP contribution >= 0.6 is 0 Å². The summed E-state index contributed by atoms with van der Waals surface area (Å²) in [6.07, 6.45) is 3.69. The molecule has 2 aliphatic heterocycles. The molecule has 2 amide bonds. The molecule has 0 aromatic rings. The van der Waals surface area contributed by atoms with Crippen LogP contribution in [0.5, 0.6) is 0 Å². The average molecular weight is 269 g/mol. The predicted molar refractivity (Wildman–Crippen MR) is 75.2 cm³/mol. The summed E-state index contributed by atoms with van der Waals surface area (Å²) in [4.78, 5) is 16.2. The Bertz CT molecular complexity index is 272. The molecule has 5 heteroatoms. The first kappa shape index (κ1) is 14.6. The van der Waals surface area contributed by atoms with E-state index in [2.05, 4.69) is 17.1 Å². The van der Waals surface area contributed by atoms with Gasteiger partial charge in [-0.1, -0.05) is 6.92 Å². The Morgan fingerprint density at radius 1 is 1.21 bits per heavy atom. The molecule has 5 nitrogen and oxygen atoms in total. The van der Waals surface area contributed by atoms with Gasteiger partial charge in [0.15, 0.2) is 0 Å². The molecule has 0 atom stereocenters. The molecular weight excluding hydrogens is 242 g/mol. The Morgan fingerprint density at radius 2 is 1.89 bits per heavy atom. The third-order valence-corrected chi connectivity index (χ3v) is 4.10. The van der Waals surface area contributed by atoms with E-state index in [4.69, 9.17) is 4.74 Å². The number of carbonyl (C=O) groups is 1. The minimum absolute atomic E-state index is 0.0653. The molecule has 2 saturated heterocycles. The number of urea groups is 1. The predicted octanol–water partition coefficient (Wildman–Crippen LogP) is 1.15. The molecule has 1 N–H and O–H groups in total. The molecule has 2 rings (SSSR count). The molecule has 0 aromatic heterocycles. The molecule has 0 radical (unpaired) electrons. The zero-order valence-electron chi connectivity index (χ0n) is 12.1. The third kappa shape index (κ3) is 4.99. The maximum absolute atomic E-state index is 11.8. The van der Waals surface area contributed by atoms with Crippen molar-refractivity contribution in [2.24, 2.45) is 5.92 Å². The first-order valence-corrected chi connectivity index (χ1v) is 7.58. The first-order chi connectivity index (χ1) is 9.25. The first-order valence-electron chi connectivity index (χ1n) is 7.58. The number of amides is 2. The number of hydrogen-bond acceptors (Lipinski definition) is 3. The second kappa shape index (κ2) is 7.70. The summed E-state index contributed by atoms with van der Waals surface area (Å²) in [5.74, 6) is 0.886. The van der Waals surface area contributed by atoms with Crippen LogP contribution in [0.4, 0.5) is 4.79 Å². The highest BCUT2D eigenvalue weighted by Crippen LogP contribution is 2.15. The van der Waals surface area contributed by atoms with Crippen molar-refractivity contribution in [1.82, 2.24) is 15.1 Å². The van der Waals surface area contributed by atoms with Gasteiger partial charge in [0.2, 0.25) is 0 Å². The van der Waals surface area contributed by atoms with Crippen LogP contribution in [0.1, 0.15) is 26.2 Å². The zero-order chi connectivity index (χ0) is 13.5. The van der Waals surface area contributed by atoms with Crippen molar-refractivity contribution < 1.29 is 9.53 Å². The highest BCUT2D eigenvalue weighted by Gasteiger charge is 2.17. The largest absolute Gasteiger partial charge is 0.378 e. The number of ether oxygens (including phenoxy) is 1. The molecule has 0 spiro atoms. The Labute approximate surface area is 116 Å². The molecule has 0 aliphatic carbocycles. The van der Waals surface area contributed by atoms with E-state index >= 15 is 0 Å². The van der Waals surface area contributed by atoms with Crippen LogP contribution in [0.2, 0.25) is 0 Å². The van der Waals surface area contributed by atoms with Gasteiger partial charge in [-0.2, -0.15) is 0 Å². The summed E-state index contributed by atoms with van der Waals surface area (Å²) in [6, 6.07) is 0.0653. The average Bonchev–Trinajstić information content (AvgIpc) is 2.46. The van der Waals surface area contributed by atoms with Gasteiger partial charge in [-0.25, -0.2) is 4.79 Å². The Hall–Kier alpha value is -0.810. The van der Waals surface area contributed by atoms with Gasteiger partial charge in [0.25, 0.3) is 0 Å². The number of nitrogens with one attached hydrogen (secondary N) is 1. The van der Waals surface area contributed by atoms with E-state index in [0.717, 1.165) is 38.5 Å². The molecule has 19 heavy (non-hydrogen) atoms. The van der Waals surface area contributed by atoms with Crippen LogP contribution in [0.25, 0.3) is 0 Å². The minimum Gasteiger partial charge on any atom is -0.378 e. The lowest BCUT2D eigenvalue weighted by atomic mass is 9.99. The lowest BCUT2D eigenvalue weighted by Crippen LogP contribution is -2.46. The second-order valence-corrected chi connectivity index (χ2v) is 5.71. The number of piperidine rings is 1. The zero-order valence-corrected chi connectivity index (χ0v) is 12.1. The van der Waals surface area contributed by atoms with E-state index in [9.17, 15) is 4.79 Å². The SMILES string of the molecule is CC1CCN(CCCNC(=O)N2CCOCC2)CC1. The molecule has 2 heterocycles. The van der Waals surface area contributed by atoms with Crippen molar-refractivity contribution in [2.75, 3.05) is 52.5 Å². The molecule has 0 unspecified atom stereocenters. The van der Waals surface area contributed by atoms with Crippen molar-refractivity contribution in [3.63, 3.8) is 0 Å². The Balaban J connectivity index is 1.52. The quantitative estimate of drug-likeness (QED) is 0.779. The molecule has 0 aromatic carbocycles. The van der Waals surface area contributed by atoms with Crippen LogP contribution < -0.4 is 5.32 Å². The Kier molecular flexibility index (Phi) is 5.92. The lowest BCUT2D eigenvalue weighted by molar-refractivity contribution is 0.0531. The van der Waals surface area contributed by atoms with Crippen molar-refractivity contribution in [2.45, 2.75) is 26.2 Å². The van der Waals surface area contributed by atoms with Gasteiger partial charge in [0, 0.05) is 19.6 Å². The smallest absolute Gasteiger partial charge is 0.317 e. The fourth-order valence-corrected chi connectivity index (χ4v) is 2.66.